The van der Waals surface area contributed by atoms with Crippen LogP contribution in [0.2, 0.25) is 0 Å². The number of carbonyl (C=O) groups is 1. The summed E-state index contributed by atoms with van der Waals surface area (Å²) in [6.45, 7) is 8.98. The van der Waals surface area contributed by atoms with Crippen LogP contribution in [-0.4, -0.2) is 24.9 Å². The number of benzene rings is 1. The Morgan fingerprint density at radius 3 is 2.62 bits per heavy atom. The summed E-state index contributed by atoms with van der Waals surface area (Å²) in [6, 6.07) is 9.26. The Hall–Kier alpha value is -2.67. The van der Waals surface area contributed by atoms with Crippen molar-refractivity contribution in [3.05, 3.63) is 57.5 Å². The average molecular weight is 525 g/mol. The molecule has 0 bridgehead atoms. The van der Waals surface area contributed by atoms with E-state index in [0.29, 0.717) is 42.3 Å². The highest BCUT2D eigenvalue weighted by Crippen LogP contribution is 2.66. The summed E-state index contributed by atoms with van der Waals surface area (Å²) in [5.74, 6) is 8.50. The van der Waals surface area contributed by atoms with Gasteiger partial charge in [0.1, 0.15) is 11.8 Å². The zero-order chi connectivity index (χ0) is 27.1. The molecular formula is C35H44N2O2. The number of nitroso groups, excluding NO2 is 1. The van der Waals surface area contributed by atoms with Crippen molar-refractivity contribution < 1.29 is 4.79 Å². The first-order valence-corrected chi connectivity index (χ1v) is 15.5. The molecule has 4 aliphatic carbocycles. The van der Waals surface area contributed by atoms with Gasteiger partial charge in [-0.3, -0.25) is 4.79 Å². The number of anilines is 1. The van der Waals surface area contributed by atoms with Crippen LogP contribution in [0.5, 0.6) is 0 Å². The number of ketones is 1. The van der Waals surface area contributed by atoms with E-state index < -0.39 is 0 Å². The van der Waals surface area contributed by atoms with Crippen LogP contribution in [-0.2, 0) is 4.79 Å². The topological polar surface area (TPSA) is 49.7 Å². The minimum atomic E-state index is -0.185. The Bertz CT molecular complexity index is 1240. The maximum atomic E-state index is 13.6. The normalized spacial score (nSPS) is 35.4. The first-order valence-electron chi connectivity index (χ1n) is 15.5. The molecule has 1 aliphatic heterocycles. The van der Waals surface area contributed by atoms with Gasteiger partial charge in [-0.25, -0.2) is 0 Å². The van der Waals surface area contributed by atoms with Crippen molar-refractivity contribution in [2.24, 2.45) is 34.3 Å². The third kappa shape index (κ3) is 4.60. The maximum Gasteiger partial charge on any atom is 0.137 e. The number of hydrogen-bond donors (Lipinski definition) is 0. The van der Waals surface area contributed by atoms with Crippen LogP contribution in [0.15, 0.2) is 52.2 Å². The first kappa shape index (κ1) is 26.5. The number of rotatable bonds is 6. The van der Waals surface area contributed by atoms with Crippen molar-refractivity contribution in [2.45, 2.75) is 96.9 Å². The number of allylic oxidation sites excluding steroid dienone is 3. The fourth-order valence-corrected chi connectivity index (χ4v) is 9.36. The number of fused-ring (bicyclic) bond motifs is 4. The fraction of sp³-hybridized carbons (Fsp3) is 0.629. The molecule has 2 unspecified atom stereocenters. The van der Waals surface area contributed by atoms with Gasteiger partial charge in [-0.05, 0) is 110 Å². The van der Waals surface area contributed by atoms with Crippen molar-refractivity contribution in [1.82, 2.24) is 0 Å². The zero-order valence-electron chi connectivity index (χ0n) is 24.0. The van der Waals surface area contributed by atoms with Crippen LogP contribution in [0.4, 0.5) is 5.69 Å². The summed E-state index contributed by atoms with van der Waals surface area (Å²) in [6.07, 6.45) is 12.2. The summed E-state index contributed by atoms with van der Waals surface area (Å²) in [5.41, 5.74) is 7.33. The standard InChI is InChI=1S/C35H44N2O2/c1-4-5-6-9-33(38)32-17-16-31-29-20-23(2)28-21-25(36-39)12-15-27(28)34(29)30(22-35(31,32)3)24-10-13-26(14-11-24)37-18-7-8-19-37/h10-11,13-14,21,23,25,29-32H,6-9,12,15-20,22H2,1-3H3/t23?,25?,29-,30+,31-,32+,35-/m0/s1. The van der Waals surface area contributed by atoms with Gasteiger partial charge in [0.15, 0.2) is 0 Å². The number of Topliss-reactive ketones (excluding diaryl/α,β-unsaturated/α-hetero) is 1. The summed E-state index contributed by atoms with van der Waals surface area (Å²) in [4.78, 5) is 27.6. The molecule has 1 saturated heterocycles. The van der Waals surface area contributed by atoms with Gasteiger partial charge in [0, 0.05) is 43.5 Å². The van der Waals surface area contributed by atoms with Crippen LogP contribution in [0.3, 0.4) is 0 Å². The number of hydrogen-bond acceptors (Lipinski definition) is 4. The lowest BCUT2D eigenvalue weighted by atomic mass is 9.50. The maximum absolute atomic E-state index is 13.6. The molecule has 206 valence electrons. The fourth-order valence-electron chi connectivity index (χ4n) is 9.36. The third-order valence-electron chi connectivity index (χ3n) is 11.2. The molecule has 2 saturated carbocycles. The summed E-state index contributed by atoms with van der Waals surface area (Å²) in [5, 5.41) is 3.43. The Balaban J connectivity index is 1.41. The van der Waals surface area contributed by atoms with Crippen LogP contribution in [0.1, 0.15) is 96.5 Å². The molecule has 4 nitrogen and oxygen atoms in total. The lowest BCUT2D eigenvalue weighted by Gasteiger charge is -2.53. The van der Waals surface area contributed by atoms with Gasteiger partial charge in [-0.15, -0.1) is 11.8 Å². The van der Waals surface area contributed by atoms with E-state index in [-0.39, 0.29) is 17.4 Å². The molecular weight excluding hydrogens is 480 g/mol. The Kier molecular flexibility index (Phi) is 7.30. The summed E-state index contributed by atoms with van der Waals surface area (Å²) >= 11 is 0. The summed E-state index contributed by atoms with van der Waals surface area (Å²) < 4.78 is 0. The van der Waals surface area contributed by atoms with E-state index in [1.807, 2.05) is 6.92 Å². The van der Waals surface area contributed by atoms with E-state index in [2.05, 4.69) is 66.1 Å². The second-order valence-corrected chi connectivity index (χ2v) is 13.2. The van der Waals surface area contributed by atoms with Crippen molar-refractivity contribution in [1.29, 1.82) is 0 Å². The lowest BCUT2D eigenvalue weighted by Crippen LogP contribution is -2.46. The Labute approximate surface area is 234 Å². The number of carbonyl (C=O) groups excluding carboxylic acids is 1. The van der Waals surface area contributed by atoms with Gasteiger partial charge >= 0.3 is 0 Å². The molecule has 7 atom stereocenters. The van der Waals surface area contributed by atoms with Crippen LogP contribution in [0.25, 0.3) is 0 Å². The van der Waals surface area contributed by atoms with Crippen molar-refractivity contribution in [2.75, 3.05) is 18.0 Å². The molecule has 4 heteroatoms. The van der Waals surface area contributed by atoms with Crippen molar-refractivity contribution in [3.63, 3.8) is 0 Å². The average Bonchev–Trinajstić information content (AvgIpc) is 3.61. The molecule has 1 aromatic rings. The minimum Gasteiger partial charge on any atom is -0.372 e. The third-order valence-corrected chi connectivity index (χ3v) is 11.2. The molecule has 39 heavy (non-hydrogen) atoms. The molecule has 3 fully saturated rings. The van der Waals surface area contributed by atoms with E-state index in [4.69, 9.17) is 0 Å². The molecule has 1 heterocycles. The van der Waals surface area contributed by atoms with E-state index in [9.17, 15) is 9.70 Å². The van der Waals surface area contributed by atoms with E-state index in [0.717, 1.165) is 51.6 Å². The van der Waals surface area contributed by atoms with Gasteiger partial charge in [0.25, 0.3) is 0 Å². The zero-order valence-corrected chi connectivity index (χ0v) is 24.0. The Morgan fingerprint density at radius 2 is 1.90 bits per heavy atom. The van der Waals surface area contributed by atoms with E-state index in [1.54, 1.807) is 5.57 Å². The first-order chi connectivity index (χ1) is 18.9. The Morgan fingerprint density at radius 1 is 1.13 bits per heavy atom. The molecule has 0 spiro atoms. The van der Waals surface area contributed by atoms with Gasteiger partial charge in [0.2, 0.25) is 0 Å². The van der Waals surface area contributed by atoms with Crippen molar-refractivity contribution >= 4 is 11.5 Å². The number of nitrogens with zero attached hydrogens (tertiary/aromatic N) is 2. The van der Waals surface area contributed by atoms with E-state index >= 15 is 0 Å². The molecule has 0 radical (unpaired) electrons. The lowest BCUT2D eigenvalue weighted by molar-refractivity contribution is -0.127. The van der Waals surface area contributed by atoms with Crippen LogP contribution in [0, 0.1) is 45.8 Å². The van der Waals surface area contributed by atoms with Gasteiger partial charge < -0.3 is 4.90 Å². The monoisotopic (exact) mass is 524 g/mol. The highest BCUT2D eigenvalue weighted by atomic mass is 16.3. The molecule has 1 aromatic carbocycles. The quantitative estimate of drug-likeness (QED) is 0.280. The molecule has 5 aliphatic rings. The summed E-state index contributed by atoms with van der Waals surface area (Å²) in [7, 11) is 0. The van der Waals surface area contributed by atoms with Crippen LogP contribution < -0.4 is 4.90 Å². The smallest absolute Gasteiger partial charge is 0.137 e. The second kappa shape index (κ2) is 10.7. The molecule has 0 aromatic heterocycles. The van der Waals surface area contributed by atoms with Gasteiger partial charge in [-0.1, -0.05) is 42.8 Å². The molecule has 0 amide bonds. The van der Waals surface area contributed by atoms with E-state index in [1.165, 1.54) is 35.2 Å². The molecule has 0 N–H and O–H groups in total. The van der Waals surface area contributed by atoms with Gasteiger partial charge in [0.05, 0.1) is 0 Å². The largest absolute Gasteiger partial charge is 0.372 e. The highest BCUT2D eigenvalue weighted by Gasteiger charge is 2.58. The van der Waals surface area contributed by atoms with Crippen molar-refractivity contribution in [3.8, 4) is 11.8 Å². The SMILES string of the molecule is CC#CCCC(=O)[C@H]1CC[C@H]2[C@@H]3CC(C)C4=CC(N=O)CCC4=C3[C@@H](c3ccc(N4CCCC4)cc3)C[C@]12C. The predicted octanol–water partition coefficient (Wildman–Crippen LogP) is 7.99. The second-order valence-electron chi connectivity index (χ2n) is 13.2. The highest BCUT2D eigenvalue weighted by molar-refractivity contribution is 5.82. The van der Waals surface area contributed by atoms with Crippen LogP contribution >= 0.6 is 0 Å². The minimum absolute atomic E-state index is 0.0201. The van der Waals surface area contributed by atoms with Gasteiger partial charge in [-0.2, -0.15) is 4.91 Å². The molecule has 6 rings (SSSR count). The predicted molar refractivity (Wildman–Crippen MR) is 158 cm³/mol.